The Morgan fingerprint density at radius 2 is 1.68 bits per heavy atom. The van der Waals surface area contributed by atoms with Gasteiger partial charge in [-0.05, 0) is 42.8 Å². The maximum Gasteiger partial charge on any atom is 0.335 e. The predicted molar refractivity (Wildman–Crippen MR) is 77.4 cm³/mol. The van der Waals surface area contributed by atoms with Crippen molar-refractivity contribution < 1.29 is 24.6 Å². The lowest BCUT2D eigenvalue weighted by Crippen LogP contribution is -2.29. The number of hydrogen-bond donors (Lipinski definition) is 2. The monoisotopic (exact) mass is 297 g/mol. The molecule has 6 heteroatoms. The third kappa shape index (κ3) is 1.93. The lowest BCUT2D eigenvalue weighted by atomic mass is 10.1. The van der Waals surface area contributed by atoms with Gasteiger partial charge < -0.3 is 10.2 Å². The summed E-state index contributed by atoms with van der Waals surface area (Å²) in [6, 6.07) is 8.33. The largest absolute Gasteiger partial charge is 0.506 e. The molecule has 0 saturated heterocycles. The first kappa shape index (κ1) is 13.8. The van der Waals surface area contributed by atoms with Gasteiger partial charge in [0.15, 0.2) is 0 Å². The molecule has 1 aliphatic heterocycles. The highest BCUT2D eigenvalue weighted by molar-refractivity contribution is 6.35. The van der Waals surface area contributed by atoms with Crippen molar-refractivity contribution in [1.29, 1.82) is 0 Å². The van der Waals surface area contributed by atoms with E-state index in [0.717, 1.165) is 10.5 Å². The van der Waals surface area contributed by atoms with Crippen LogP contribution in [0.15, 0.2) is 36.4 Å². The van der Waals surface area contributed by atoms with Gasteiger partial charge in [0.25, 0.3) is 11.8 Å². The van der Waals surface area contributed by atoms with Gasteiger partial charge in [-0.15, -0.1) is 0 Å². The number of amides is 2. The quantitative estimate of drug-likeness (QED) is 0.829. The van der Waals surface area contributed by atoms with Crippen molar-refractivity contribution in [2.24, 2.45) is 0 Å². The Morgan fingerprint density at radius 3 is 2.36 bits per heavy atom. The third-order valence-corrected chi connectivity index (χ3v) is 3.51. The van der Waals surface area contributed by atoms with Gasteiger partial charge in [-0.2, -0.15) is 0 Å². The van der Waals surface area contributed by atoms with Crippen molar-refractivity contribution in [3.8, 4) is 5.75 Å². The molecule has 0 aliphatic carbocycles. The molecule has 1 aliphatic rings. The second-order valence-corrected chi connectivity index (χ2v) is 5.00. The number of aryl methyl sites for hydroxylation is 1. The predicted octanol–water partition coefficient (Wildman–Crippen LogP) is 2.20. The highest BCUT2D eigenvalue weighted by Gasteiger charge is 2.38. The van der Waals surface area contributed by atoms with Gasteiger partial charge in [0, 0.05) is 0 Å². The maximum absolute atomic E-state index is 12.4. The molecule has 3 rings (SSSR count). The summed E-state index contributed by atoms with van der Waals surface area (Å²) in [4.78, 5) is 36.7. The topological polar surface area (TPSA) is 94.9 Å². The molecule has 110 valence electrons. The van der Waals surface area contributed by atoms with E-state index in [0.29, 0.717) is 0 Å². The first-order valence-electron chi connectivity index (χ1n) is 6.46. The van der Waals surface area contributed by atoms with Crippen molar-refractivity contribution in [2.45, 2.75) is 6.92 Å². The van der Waals surface area contributed by atoms with Crippen LogP contribution in [0.5, 0.6) is 5.75 Å². The number of carbonyl (C=O) groups is 3. The van der Waals surface area contributed by atoms with E-state index in [4.69, 9.17) is 5.11 Å². The highest BCUT2D eigenvalue weighted by Crippen LogP contribution is 2.35. The van der Waals surface area contributed by atoms with E-state index >= 15 is 0 Å². The zero-order valence-corrected chi connectivity index (χ0v) is 11.5. The number of aromatic hydroxyl groups is 1. The lowest BCUT2D eigenvalue weighted by Gasteiger charge is -2.15. The van der Waals surface area contributed by atoms with Crippen LogP contribution in [0.1, 0.15) is 36.6 Å². The van der Waals surface area contributed by atoms with E-state index in [9.17, 15) is 19.5 Å². The van der Waals surface area contributed by atoms with Gasteiger partial charge in [-0.25, -0.2) is 9.69 Å². The third-order valence-electron chi connectivity index (χ3n) is 3.51. The number of benzene rings is 2. The van der Waals surface area contributed by atoms with Gasteiger partial charge in [0.05, 0.1) is 22.4 Å². The molecule has 1 heterocycles. The molecule has 0 spiro atoms. The fraction of sp³-hybridized carbons (Fsp3) is 0.0625. The summed E-state index contributed by atoms with van der Waals surface area (Å²) in [5.74, 6) is -2.61. The average molecular weight is 297 g/mol. The fourth-order valence-electron chi connectivity index (χ4n) is 2.41. The number of carboxylic acid groups (broad SMARTS) is 1. The van der Waals surface area contributed by atoms with Crippen molar-refractivity contribution in [2.75, 3.05) is 4.90 Å². The van der Waals surface area contributed by atoms with Crippen LogP contribution in [-0.2, 0) is 0 Å². The number of carboxylic acids is 1. The van der Waals surface area contributed by atoms with Crippen LogP contribution in [-0.4, -0.2) is 28.0 Å². The molecule has 6 nitrogen and oxygen atoms in total. The van der Waals surface area contributed by atoms with Gasteiger partial charge in [-0.1, -0.05) is 6.07 Å². The molecular formula is C16H11NO5. The summed E-state index contributed by atoms with van der Waals surface area (Å²) in [5, 5.41) is 18.9. The molecule has 0 radical (unpaired) electrons. The maximum atomic E-state index is 12.4. The number of nitrogens with zero attached hydrogens (tertiary/aromatic N) is 1. The van der Waals surface area contributed by atoms with E-state index in [1.807, 2.05) is 0 Å². The molecule has 2 aromatic carbocycles. The van der Waals surface area contributed by atoms with Crippen LogP contribution >= 0.6 is 0 Å². The van der Waals surface area contributed by atoms with Crippen LogP contribution in [0.25, 0.3) is 0 Å². The molecule has 2 N–H and O–H groups in total. The minimum Gasteiger partial charge on any atom is -0.506 e. The molecule has 22 heavy (non-hydrogen) atoms. The smallest absolute Gasteiger partial charge is 0.335 e. The molecule has 0 atom stereocenters. The molecule has 0 unspecified atom stereocenters. The van der Waals surface area contributed by atoms with Crippen LogP contribution in [0.3, 0.4) is 0 Å². The average Bonchev–Trinajstić information content (AvgIpc) is 2.73. The Morgan fingerprint density at radius 1 is 1.00 bits per heavy atom. The summed E-state index contributed by atoms with van der Waals surface area (Å²) in [6.07, 6.45) is 0. The Hall–Kier alpha value is -3.15. The Labute approximate surface area is 125 Å². The molecule has 2 amide bonds. The zero-order chi connectivity index (χ0) is 16.0. The van der Waals surface area contributed by atoms with Crippen LogP contribution in [0.4, 0.5) is 5.69 Å². The van der Waals surface area contributed by atoms with E-state index in [1.165, 1.54) is 30.3 Å². The molecule has 0 fully saturated rings. The first-order valence-corrected chi connectivity index (χ1v) is 6.46. The van der Waals surface area contributed by atoms with Crippen molar-refractivity contribution in [3.05, 3.63) is 58.7 Å². The van der Waals surface area contributed by atoms with Crippen molar-refractivity contribution >= 4 is 23.5 Å². The minimum absolute atomic E-state index is 0.0193. The summed E-state index contributed by atoms with van der Waals surface area (Å²) in [6.45, 7) is 1.77. The number of anilines is 1. The van der Waals surface area contributed by atoms with Crippen LogP contribution in [0.2, 0.25) is 0 Å². The summed E-state index contributed by atoms with van der Waals surface area (Å²) < 4.78 is 0. The van der Waals surface area contributed by atoms with Crippen molar-refractivity contribution in [3.63, 3.8) is 0 Å². The standard InChI is InChI=1S/C16H11NO5/c1-8-2-5-13(18)12(6-8)17-14(19)10-4-3-9(16(21)22)7-11(10)15(17)20/h2-7,18H,1H3,(H,21,22). The summed E-state index contributed by atoms with van der Waals surface area (Å²) in [7, 11) is 0. The summed E-state index contributed by atoms with van der Waals surface area (Å²) >= 11 is 0. The highest BCUT2D eigenvalue weighted by atomic mass is 16.4. The van der Waals surface area contributed by atoms with Gasteiger partial charge >= 0.3 is 5.97 Å². The van der Waals surface area contributed by atoms with E-state index in [-0.39, 0.29) is 28.1 Å². The molecule has 2 aromatic rings. The number of fused-ring (bicyclic) bond motifs is 1. The number of phenolic OH excluding ortho intramolecular Hbond substituents is 1. The number of carbonyl (C=O) groups excluding carboxylic acids is 2. The summed E-state index contributed by atoms with van der Waals surface area (Å²) in [5.41, 5.74) is 0.926. The van der Waals surface area contributed by atoms with Gasteiger partial charge in [-0.3, -0.25) is 9.59 Å². The molecule has 0 aromatic heterocycles. The molecule has 0 saturated carbocycles. The number of phenols is 1. The lowest BCUT2D eigenvalue weighted by molar-refractivity contribution is 0.0696. The number of hydrogen-bond acceptors (Lipinski definition) is 4. The van der Waals surface area contributed by atoms with Gasteiger partial charge in [0.1, 0.15) is 5.75 Å². The second kappa shape index (κ2) is 4.70. The van der Waals surface area contributed by atoms with Crippen LogP contribution in [0, 0.1) is 6.92 Å². The minimum atomic E-state index is -1.18. The van der Waals surface area contributed by atoms with Crippen molar-refractivity contribution in [1.82, 2.24) is 0 Å². The molecule has 0 bridgehead atoms. The number of rotatable bonds is 2. The second-order valence-electron chi connectivity index (χ2n) is 5.00. The van der Waals surface area contributed by atoms with Crippen LogP contribution < -0.4 is 4.90 Å². The van der Waals surface area contributed by atoms with E-state index in [2.05, 4.69) is 0 Å². The SMILES string of the molecule is Cc1ccc(O)c(N2C(=O)c3ccc(C(=O)O)cc3C2=O)c1. The zero-order valence-electron chi connectivity index (χ0n) is 11.5. The normalized spacial score (nSPS) is 13.4. The van der Waals surface area contributed by atoms with E-state index < -0.39 is 17.8 Å². The Balaban J connectivity index is 2.14. The first-order chi connectivity index (χ1) is 10.4. The fourth-order valence-corrected chi connectivity index (χ4v) is 2.41. The van der Waals surface area contributed by atoms with Gasteiger partial charge in [0.2, 0.25) is 0 Å². The Kier molecular flexibility index (Phi) is 2.95. The molecular weight excluding hydrogens is 286 g/mol. The van der Waals surface area contributed by atoms with E-state index in [1.54, 1.807) is 13.0 Å². The number of imide groups is 1. The number of aromatic carboxylic acids is 1. The Bertz CT molecular complexity index is 840.